The third-order valence-electron chi connectivity index (χ3n) is 2.23. The van der Waals surface area contributed by atoms with Gasteiger partial charge < -0.3 is 5.73 Å². The van der Waals surface area contributed by atoms with Crippen molar-refractivity contribution in [2.45, 2.75) is 32.7 Å². The Morgan fingerprint density at radius 3 is 2.54 bits per heavy atom. The van der Waals surface area contributed by atoms with Gasteiger partial charge in [-0.2, -0.15) is 0 Å². The molecule has 0 spiro atoms. The van der Waals surface area contributed by atoms with Gasteiger partial charge >= 0.3 is 0 Å². The monoisotopic (exact) mass is 199 g/mol. The van der Waals surface area contributed by atoms with Crippen LogP contribution in [0.3, 0.4) is 0 Å². The minimum Gasteiger partial charge on any atom is -0.324 e. The highest BCUT2D eigenvalue weighted by molar-refractivity contribution is 5.85. The first-order chi connectivity index (χ1) is 5.77. The molecular weight excluding hydrogens is 182 g/mol. The van der Waals surface area contributed by atoms with Gasteiger partial charge in [-0.1, -0.05) is 38.1 Å². The zero-order valence-corrected chi connectivity index (χ0v) is 9.10. The Balaban J connectivity index is 0.00000144. The van der Waals surface area contributed by atoms with Crippen LogP contribution < -0.4 is 5.73 Å². The minimum atomic E-state index is 0. The van der Waals surface area contributed by atoms with Crippen molar-refractivity contribution >= 4 is 12.4 Å². The first-order valence-electron chi connectivity index (χ1n) is 4.62. The summed E-state index contributed by atoms with van der Waals surface area (Å²) in [6, 6.07) is 8.74. The third-order valence-corrected chi connectivity index (χ3v) is 2.23. The maximum atomic E-state index is 5.92. The van der Waals surface area contributed by atoms with E-state index in [0.29, 0.717) is 0 Å². The fourth-order valence-corrected chi connectivity index (χ4v) is 1.28. The van der Waals surface area contributed by atoms with E-state index in [-0.39, 0.29) is 18.4 Å². The molecule has 0 amide bonds. The second kappa shape index (κ2) is 6.01. The Hall–Kier alpha value is -0.530. The van der Waals surface area contributed by atoms with E-state index in [4.69, 9.17) is 5.73 Å². The van der Waals surface area contributed by atoms with Gasteiger partial charge in [0.2, 0.25) is 0 Å². The lowest BCUT2D eigenvalue weighted by Crippen LogP contribution is -2.08. The number of benzene rings is 1. The summed E-state index contributed by atoms with van der Waals surface area (Å²) in [6.07, 6.45) is 2.09. The first-order valence-corrected chi connectivity index (χ1v) is 4.62. The van der Waals surface area contributed by atoms with Gasteiger partial charge in [-0.25, -0.2) is 0 Å². The molecule has 0 fully saturated rings. The molecule has 2 N–H and O–H groups in total. The molecule has 0 aromatic heterocycles. The van der Waals surface area contributed by atoms with Crippen LogP contribution in [0.5, 0.6) is 0 Å². The van der Waals surface area contributed by atoms with Crippen molar-refractivity contribution in [3.8, 4) is 0 Å². The van der Waals surface area contributed by atoms with Crippen LogP contribution in [-0.2, 0) is 6.42 Å². The molecule has 0 aliphatic rings. The van der Waals surface area contributed by atoms with E-state index < -0.39 is 0 Å². The third kappa shape index (κ3) is 3.37. The van der Waals surface area contributed by atoms with E-state index in [2.05, 4.69) is 38.1 Å². The zero-order chi connectivity index (χ0) is 8.97. The van der Waals surface area contributed by atoms with Crippen molar-refractivity contribution < 1.29 is 0 Å². The maximum Gasteiger partial charge on any atom is 0.0292 e. The zero-order valence-electron chi connectivity index (χ0n) is 8.29. The van der Waals surface area contributed by atoms with Gasteiger partial charge in [0.15, 0.2) is 0 Å². The van der Waals surface area contributed by atoms with Crippen LogP contribution in [0.15, 0.2) is 24.3 Å². The average molecular weight is 200 g/mol. The second-order valence-electron chi connectivity index (χ2n) is 3.11. The molecule has 1 rings (SSSR count). The summed E-state index contributed by atoms with van der Waals surface area (Å²) in [4.78, 5) is 0. The number of hydrogen-bond acceptors (Lipinski definition) is 1. The summed E-state index contributed by atoms with van der Waals surface area (Å²) < 4.78 is 0. The predicted octanol–water partition coefficient (Wildman–Crippen LogP) is 3.08. The Labute approximate surface area is 86.7 Å². The molecule has 1 nitrogen and oxygen atoms in total. The summed E-state index contributed by atoms with van der Waals surface area (Å²) >= 11 is 0. The molecule has 74 valence electrons. The predicted molar refractivity (Wildman–Crippen MR) is 60.3 cm³/mol. The molecule has 13 heavy (non-hydrogen) atoms. The molecule has 1 unspecified atom stereocenters. The average Bonchev–Trinajstić information content (AvgIpc) is 2.17. The van der Waals surface area contributed by atoms with E-state index in [9.17, 15) is 0 Å². The van der Waals surface area contributed by atoms with Crippen LogP contribution >= 0.6 is 12.4 Å². The molecule has 2 heteroatoms. The van der Waals surface area contributed by atoms with Crippen LogP contribution in [0.25, 0.3) is 0 Å². The summed E-state index contributed by atoms with van der Waals surface area (Å²) in [7, 11) is 0. The molecule has 0 heterocycles. The second-order valence-corrected chi connectivity index (χ2v) is 3.11. The van der Waals surface area contributed by atoms with Crippen molar-refractivity contribution in [1.29, 1.82) is 0 Å². The van der Waals surface area contributed by atoms with Crippen molar-refractivity contribution in [2.24, 2.45) is 5.73 Å². The van der Waals surface area contributed by atoms with E-state index in [1.807, 2.05) is 0 Å². The number of aryl methyl sites for hydroxylation is 1. The lowest BCUT2D eigenvalue weighted by Gasteiger charge is -2.09. The number of halogens is 1. The lowest BCUT2D eigenvalue weighted by molar-refractivity contribution is 0.697. The number of hydrogen-bond donors (Lipinski definition) is 1. The van der Waals surface area contributed by atoms with E-state index >= 15 is 0 Å². The topological polar surface area (TPSA) is 26.0 Å². The van der Waals surface area contributed by atoms with Crippen molar-refractivity contribution in [1.82, 2.24) is 0 Å². The van der Waals surface area contributed by atoms with Gasteiger partial charge in [0, 0.05) is 6.04 Å². The highest BCUT2D eigenvalue weighted by atomic mass is 35.5. The molecule has 0 saturated heterocycles. The molecule has 0 radical (unpaired) electrons. The molecule has 0 aliphatic carbocycles. The van der Waals surface area contributed by atoms with Gasteiger partial charge in [0.1, 0.15) is 0 Å². The standard InChI is InChI=1S/C11H17N.ClH/c1-3-9-6-5-7-10(8-9)11(12)4-2;/h5-8,11H,3-4,12H2,1-2H3;1H. The van der Waals surface area contributed by atoms with E-state index in [1.54, 1.807) is 0 Å². The molecule has 0 bridgehead atoms. The smallest absolute Gasteiger partial charge is 0.0292 e. The normalized spacial score (nSPS) is 11.9. The molecule has 0 aliphatic heterocycles. The highest BCUT2D eigenvalue weighted by Crippen LogP contribution is 2.15. The van der Waals surface area contributed by atoms with Gasteiger partial charge in [-0.05, 0) is 24.0 Å². The Morgan fingerprint density at radius 1 is 1.31 bits per heavy atom. The molecule has 1 atom stereocenters. The van der Waals surface area contributed by atoms with Crippen LogP contribution in [0.4, 0.5) is 0 Å². The molecule has 0 saturated carbocycles. The minimum absolute atomic E-state index is 0. The number of rotatable bonds is 3. The molecular formula is C11H18ClN. The largest absolute Gasteiger partial charge is 0.324 e. The first kappa shape index (κ1) is 12.5. The lowest BCUT2D eigenvalue weighted by atomic mass is 10.0. The quantitative estimate of drug-likeness (QED) is 0.796. The Bertz CT molecular complexity index is 248. The highest BCUT2D eigenvalue weighted by Gasteiger charge is 2.02. The maximum absolute atomic E-state index is 5.92. The summed E-state index contributed by atoms with van der Waals surface area (Å²) in [5.74, 6) is 0. The van der Waals surface area contributed by atoms with E-state index in [1.165, 1.54) is 11.1 Å². The van der Waals surface area contributed by atoms with Crippen LogP contribution in [0.2, 0.25) is 0 Å². The van der Waals surface area contributed by atoms with Crippen LogP contribution in [-0.4, -0.2) is 0 Å². The summed E-state index contributed by atoms with van der Waals surface area (Å²) in [5, 5.41) is 0. The SMILES string of the molecule is CCc1cccc(C(N)CC)c1.Cl. The van der Waals surface area contributed by atoms with Gasteiger partial charge in [0.05, 0.1) is 0 Å². The van der Waals surface area contributed by atoms with Gasteiger partial charge in [-0.15, -0.1) is 12.4 Å². The fourth-order valence-electron chi connectivity index (χ4n) is 1.28. The van der Waals surface area contributed by atoms with Crippen molar-refractivity contribution in [2.75, 3.05) is 0 Å². The summed E-state index contributed by atoms with van der Waals surface area (Å²) in [5.41, 5.74) is 8.55. The fraction of sp³-hybridized carbons (Fsp3) is 0.455. The van der Waals surface area contributed by atoms with Crippen molar-refractivity contribution in [3.63, 3.8) is 0 Å². The summed E-state index contributed by atoms with van der Waals surface area (Å²) in [6.45, 7) is 4.28. The van der Waals surface area contributed by atoms with Crippen LogP contribution in [0, 0.1) is 0 Å². The Morgan fingerprint density at radius 2 is 2.00 bits per heavy atom. The molecule has 1 aromatic rings. The molecule has 1 aromatic carbocycles. The van der Waals surface area contributed by atoms with Gasteiger partial charge in [0.25, 0.3) is 0 Å². The Kier molecular flexibility index (Phi) is 5.76. The van der Waals surface area contributed by atoms with E-state index in [0.717, 1.165) is 12.8 Å². The van der Waals surface area contributed by atoms with Crippen molar-refractivity contribution in [3.05, 3.63) is 35.4 Å². The number of nitrogens with two attached hydrogens (primary N) is 1. The van der Waals surface area contributed by atoms with Crippen LogP contribution in [0.1, 0.15) is 37.4 Å². The van der Waals surface area contributed by atoms with Gasteiger partial charge in [-0.3, -0.25) is 0 Å².